The molecule has 1 saturated heterocycles. The van der Waals surface area contributed by atoms with E-state index in [0.717, 1.165) is 51.3 Å². The average Bonchev–Trinajstić information content (AvgIpc) is 3.18. The van der Waals surface area contributed by atoms with Crippen LogP contribution < -0.4 is 15.5 Å². The second-order valence-electron chi connectivity index (χ2n) is 8.40. The molecule has 164 valence electrons. The summed E-state index contributed by atoms with van der Waals surface area (Å²) < 4.78 is 1.39. The molecule has 0 atom stereocenters. The fourth-order valence-corrected chi connectivity index (χ4v) is 5.12. The zero-order valence-electron chi connectivity index (χ0n) is 18.5. The minimum atomic E-state index is -0.129. The van der Waals surface area contributed by atoms with Gasteiger partial charge in [0.15, 0.2) is 0 Å². The van der Waals surface area contributed by atoms with Gasteiger partial charge in [-0.2, -0.15) is 0 Å². The van der Waals surface area contributed by atoms with Crippen LogP contribution >= 0.6 is 11.3 Å². The van der Waals surface area contributed by atoms with Gasteiger partial charge >= 0.3 is 6.03 Å². The van der Waals surface area contributed by atoms with E-state index in [1.807, 2.05) is 42.5 Å². The van der Waals surface area contributed by atoms with E-state index in [2.05, 4.69) is 50.9 Å². The quantitative estimate of drug-likeness (QED) is 0.498. The molecule has 2 N–H and O–H groups in total. The van der Waals surface area contributed by atoms with Crippen LogP contribution in [0.3, 0.4) is 0 Å². The summed E-state index contributed by atoms with van der Waals surface area (Å²) in [4.78, 5) is 17.1. The van der Waals surface area contributed by atoms with Gasteiger partial charge in [-0.05, 0) is 57.0 Å². The van der Waals surface area contributed by atoms with Gasteiger partial charge in [0, 0.05) is 53.9 Å². The van der Waals surface area contributed by atoms with Crippen molar-refractivity contribution >= 4 is 38.8 Å². The predicted molar refractivity (Wildman–Crippen MR) is 133 cm³/mol. The van der Waals surface area contributed by atoms with Crippen molar-refractivity contribution < 1.29 is 4.79 Å². The van der Waals surface area contributed by atoms with Gasteiger partial charge in [0.1, 0.15) is 0 Å². The van der Waals surface area contributed by atoms with Crippen LogP contribution in [0.5, 0.6) is 0 Å². The summed E-state index contributed by atoms with van der Waals surface area (Å²) in [6.07, 6.45) is 2.10. The first-order valence-electron chi connectivity index (χ1n) is 11.2. The van der Waals surface area contributed by atoms with Crippen molar-refractivity contribution in [1.29, 1.82) is 0 Å². The van der Waals surface area contributed by atoms with Crippen LogP contribution in [0.25, 0.3) is 10.1 Å². The molecule has 31 heavy (non-hydrogen) atoms. The van der Waals surface area contributed by atoms with Crippen LogP contribution in [-0.2, 0) is 0 Å². The summed E-state index contributed by atoms with van der Waals surface area (Å²) in [6, 6.07) is 14.5. The number of unbranched alkanes of at least 4 members (excludes halogenated alkanes) is 1. The number of urea groups is 1. The zero-order valence-corrected chi connectivity index (χ0v) is 19.3. The summed E-state index contributed by atoms with van der Waals surface area (Å²) in [5.41, 5.74) is 4.73. The average molecular weight is 437 g/mol. The van der Waals surface area contributed by atoms with E-state index in [-0.39, 0.29) is 6.03 Å². The fourth-order valence-electron chi connectivity index (χ4n) is 4.05. The molecule has 2 heterocycles. The minimum Gasteiger partial charge on any atom is -0.368 e. The van der Waals surface area contributed by atoms with Crippen molar-refractivity contribution in [3.8, 4) is 0 Å². The Morgan fingerprint density at radius 3 is 2.48 bits per heavy atom. The summed E-state index contributed by atoms with van der Waals surface area (Å²) in [6.45, 7) is 10.4. The first kappa shape index (κ1) is 21.7. The maximum absolute atomic E-state index is 12.0. The van der Waals surface area contributed by atoms with E-state index >= 15 is 0 Å². The second-order valence-corrected chi connectivity index (χ2v) is 9.31. The number of carbonyl (C=O) groups excluding carboxylic acids is 1. The predicted octanol–water partition coefficient (Wildman–Crippen LogP) is 5.24. The third-order valence-corrected chi connectivity index (χ3v) is 6.85. The summed E-state index contributed by atoms with van der Waals surface area (Å²) in [5.74, 6) is 0. The van der Waals surface area contributed by atoms with E-state index in [1.165, 1.54) is 26.9 Å². The minimum absolute atomic E-state index is 0.129. The SMILES string of the molecule is Cc1ccc(NC(=O)NCCCCN2CCN(c3csc4cc(C)ccc34)CC2)cc1. The molecule has 1 aliphatic heterocycles. The van der Waals surface area contributed by atoms with Crippen LogP contribution in [-0.4, -0.2) is 50.2 Å². The van der Waals surface area contributed by atoms with Crippen molar-refractivity contribution in [3.63, 3.8) is 0 Å². The van der Waals surface area contributed by atoms with E-state index in [0.29, 0.717) is 6.54 Å². The lowest BCUT2D eigenvalue weighted by molar-refractivity contribution is 0.247. The number of thiophene rings is 1. The van der Waals surface area contributed by atoms with Crippen molar-refractivity contribution in [3.05, 3.63) is 59.0 Å². The van der Waals surface area contributed by atoms with E-state index < -0.39 is 0 Å². The summed E-state index contributed by atoms with van der Waals surface area (Å²) in [7, 11) is 0. The standard InChI is InChI=1S/C25H32N4OS/c1-19-5-8-21(9-6-19)27-25(30)26-11-3-4-12-28-13-15-29(16-14-28)23-18-31-24-17-20(2)7-10-22(23)24/h5-10,17-18H,3-4,11-16H2,1-2H3,(H2,26,27,30). The third kappa shape index (κ3) is 5.77. The van der Waals surface area contributed by atoms with Gasteiger partial charge < -0.3 is 15.5 Å². The van der Waals surface area contributed by atoms with Gasteiger partial charge in [0.2, 0.25) is 0 Å². The molecule has 2 aromatic carbocycles. The molecule has 0 bridgehead atoms. The first-order chi connectivity index (χ1) is 15.1. The number of benzene rings is 2. The molecule has 0 unspecified atom stereocenters. The van der Waals surface area contributed by atoms with E-state index in [1.54, 1.807) is 0 Å². The molecule has 2 amide bonds. The van der Waals surface area contributed by atoms with Gasteiger partial charge in [0.05, 0.1) is 5.69 Å². The highest BCUT2D eigenvalue weighted by molar-refractivity contribution is 7.17. The molecule has 0 aliphatic carbocycles. The third-order valence-electron chi connectivity index (χ3n) is 5.92. The van der Waals surface area contributed by atoms with E-state index in [9.17, 15) is 4.79 Å². The van der Waals surface area contributed by atoms with Gasteiger partial charge in [0.25, 0.3) is 0 Å². The molecule has 4 rings (SSSR count). The Bertz CT molecular complexity index is 1010. The second kappa shape index (κ2) is 10.2. The Hall–Kier alpha value is -2.57. The Labute approximate surface area is 189 Å². The van der Waals surface area contributed by atoms with Gasteiger partial charge in [-0.25, -0.2) is 4.79 Å². The smallest absolute Gasteiger partial charge is 0.319 e. The maximum Gasteiger partial charge on any atom is 0.319 e. The van der Waals surface area contributed by atoms with E-state index in [4.69, 9.17) is 0 Å². The molecule has 1 fully saturated rings. The first-order valence-corrected chi connectivity index (χ1v) is 12.0. The van der Waals surface area contributed by atoms with Gasteiger partial charge in [-0.1, -0.05) is 29.8 Å². The number of rotatable bonds is 7. The highest BCUT2D eigenvalue weighted by atomic mass is 32.1. The van der Waals surface area contributed by atoms with Crippen LogP contribution in [0.15, 0.2) is 47.8 Å². The lowest BCUT2D eigenvalue weighted by Gasteiger charge is -2.35. The number of hydrogen-bond donors (Lipinski definition) is 2. The maximum atomic E-state index is 12.0. The number of anilines is 2. The Kier molecular flexibility index (Phi) is 7.10. The molecule has 1 aliphatic rings. The zero-order chi connectivity index (χ0) is 21.6. The number of carbonyl (C=O) groups is 1. The molecule has 0 saturated carbocycles. The number of nitrogens with one attached hydrogen (secondary N) is 2. The van der Waals surface area contributed by atoms with Crippen molar-refractivity contribution in [2.45, 2.75) is 26.7 Å². The Morgan fingerprint density at radius 2 is 1.71 bits per heavy atom. The molecule has 0 radical (unpaired) electrons. The lowest BCUT2D eigenvalue weighted by atomic mass is 10.1. The molecule has 5 nitrogen and oxygen atoms in total. The van der Waals surface area contributed by atoms with Crippen molar-refractivity contribution in [1.82, 2.24) is 10.2 Å². The van der Waals surface area contributed by atoms with Crippen LogP contribution in [0.2, 0.25) is 0 Å². The number of hydrogen-bond acceptors (Lipinski definition) is 4. The van der Waals surface area contributed by atoms with Crippen LogP contribution in [0, 0.1) is 13.8 Å². The van der Waals surface area contributed by atoms with Gasteiger partial charge in [-0.15, -0.1) is 11.3 Å². The molecule has 0 spiro atoms. The molecular weight excluding hydrogens is 404 g/mol. The normalized spacial score (nSPS) is 14.7. The Morgan fingerprint density at radius 1 is 0.968 bits per heavy atom. The van der Waals surface area contributed by atoms with Crippen LogP contribution in [0.1, 0.15) is 24.0 Å². The molecule has 6 heteroatoms. The number of nitrogens with zero attached hydrogens (tertiary/aromatic N) is 2. The largest absolute Gasteiger partial charge is 0.368 e. The fraction of sp³-hybridized carbons (Fsp3) is 0.400. The topological polar surface area (TPSA) is 47.6 Å². The molecular formula is C25H32N4OS. The number of amides is 2. The Balaban J connectivity index is 1.13. The lowest BCUT2D eigenvalue weighted by Crippen LogP contribution is -2.46. The molecule has 3 aromatic rings. The molecule has 1 aromatic heterocycles. The number of fused-ring (bicyclic) bond motifs is 1. The monoisotopic (exact) mass is 436 g/mol. The van der Waals surface area contributed by atoms with Crippen molar-refractivity contribution in [2.75, 3.05) is 49.5 Å². The number of aryl methyl sites for hydroxylation is 2. The summed E-state index contributed by atoms with van der Waals surface area (Å²) in [5, 5.41) is 9.53. The van der Waals surface area contributed by atoms with Gasteiger partial charge in [-0.3, -0.25) is 4.90 Å². The highest BCUT2D eigenvalue weighted by Gasteiger charge is 2.19. The number of piperazine rings is 1. The van der Waals surface area contributed by atoms with Crippen LogP contribution in [0.4, 0.5) is 16.2 Å². The highest BCUT2D eigenvalue weighted by Crippen LogP contribution is 2.34. The summed E-state index contributed by atoms with van der Waals surface area (Å²) >= 11 is 1.85. The van der Waals surface area contributed by atoms with Crippen molar-refractivity contribution in [2.24, 2.45) is 0 Å².